The van der Waals surface area contributed by atoms with E-state index in [0.717, 1.165) is 22.3 Å². The van der Waals surface area contributed by atoms with Crippen molar-refractivity contribution in [3.8, 4) is 0 Å². The van der Waals surface area contributed by atoms with E-state index in [1.165, 1.54) is 0 Å². The maximum absolute atomic E-state index is 12.6. The summed E-state index contributed by atoms with van der Waals surface area (Å²) in [6.07, 6.45) is 0.151. The lowest BCUT2D eigenvalue weighted by atomic mass is 9.87. The van der Waals surface area contributed by atoms with Crippen LogP contribution in [0.15, 0.2) is 83.0 Å². The van der Waals surface area contributed by atoms with Gasteiger partial charge in [-0.1, -0.05) is 60.7 Å². The Bertz CT molecular complexity index is 889. The predicted molar refractivity (Wildman–Crippen MR) is 105 cm³/mol. The highest BCUT2D eigenvalue weighted by Gasteiger charge is 2.41. The van der Waals surface area contributed by atoms with E-state index in [0.29, 0.717) is 24.0 Å². The molecule has 0 N–H and O–H groups in total. The van der Waals surface area contributed by atoms with E-state index in [9.17, 15) is 9.59 Å². The molecule has 2 heterocycles. The highest BCUT2D eigenvalue weighted by Crippen LogP contribution is 2.39. The van der Waals surface area contributed by atoms with E-state index >= 15 is 0 Å². The van der Waals surface area contributed by atoms with Gasteiger partial charge in [0.2, 0.25) is 0 Å². The third-order valence-corrected chi connectivity index (χ3v) is 5.26. The number of rotatable bonds is 5. The topological polar surface area (TPSA) is 52.6 Å². The quantitative estimate of drug-likeness (QED) is 0.744. The van der Waals surface area contributed by atoms with Crippen LogP contribution in [-0.2, 0) is 31.9 Å². The van der Waals surface area contributed by atoms with Crippen LogP contribution in [0.1, 0.15) is 25.0 Å². The number of benzene rings is 2. The first-order valence-electron chi connectivity index (χ1n) is 9.51. The summed E-state index contributed by atoms with van der Waals surface area (Å²) in [5.41, 5.74) is 4.90. The first-order valence-corrected chi connectivity index (χ1v) is 9.51. The molecule has 0 radical (unpaired) electrons. The van der Waals surface area contributed by atoms with Crippen molar-refractivity contribution in [3.05, 3.63) is 94.1 Å². The summed E-state index contributed by atoms with van der Waals surface area (Å²) < 4.78 is 11.1. The fourth-order valence-corrected chi connectivity index (χ4v) is 3.99. The minimum absolute atomic E-state index is 0.315. The van der Waals surface area contributed by atoms with Gasteiger partial charge in [0, 0.05) is 35.1 Å². The maximum Gasteiger partial charge on any atom is 0.335 e. The molecule has 0 saturated carbocycles. The Labute approximate surface area is 164 Å². The molecule has 0 unspecified atom stereocenters. The second-order valence-corrected chi connectivity index (χ2v) is 7.20. The minimum Gasteiger partial charge on any atom is -0.454 e. The molecule has 0 bridgehead atoms. The molecule has 0 aliphatic carbocycles. The van der Waals surface area contributed by atoms with Gasteiger partial charge in [0.1, 0.15) is 12.2 Å². The van der Waals surface area contributed by atoms with Gasteiger partial charge in [-0.15, -0.1) is 0 Å². The number of carbonyl (C=O) groups is 2. The molecule has 4 rings (SSSR count). The first kappa shape index (κ1) is 18.2. The zero-order chi connectivity index (χ0) is 19.7. The van der Waals surface area contributed by atoms with Gasteiger partial charge in [-0.05, 0) is 25.0 Å². The van der Waals surface area contributed by atoms with Crippen LogP contribution < -0.4 is 0 Å². The fraction of sp³-hybridized carbons (Fsp3) is 0.250. The summed E-state index contributed by atoms with van der Waals surface area (Å²) in [5, 5.41) is 0. The minimum atomic E-state index is -0.399. The predicted octanol–water partition coefficient (Wildman–Crippen LogP) is 3.96. The van der Waals surface area contributed by atoms with Crippen LogP contribution in [0.2, 0.25) is 0 Å². The Morgan fingerprint density at radius 3 is 1.36 bits per heavy atom. The van der Waals surface area contributed by atoms with Crippen molar-refractivity contribution >= 4 is 11.9 Å². The zero-order valence-electron chi connectivity index (χ0n) is 16.0. The average Bonchev–Trinajstić information content (AvgIpc) is 3.11. The Hall–Kier alpha value is -3.14. The molecule has 4 nitrogen and oxygen atoms in total. The maximum atomic E-state index is 12.6. The van der Waals surface area contributed by atoms with E-state index in [1.54, 1.807) is 0 Å². The highest BCUT2D eigenvalue weighted by molar-refractivity contribution is 5.98. The molecular formula is C24H22O4. The molecule has 142 valence electrons. The Morgan fingerprint density at radius 1 is 0.643 bits per heavy atom. The van der Waals surface area contributed by atoms with Crippen LogP contribution in [0.5, 0.6) is 0 Å². The van der Waals surface area contributed by atoms with E-state index < -0.39 is 12.2 Å². The SMILES string of the molecule is C[C@@H]1OC(=O)C(Cc2ccccc2)=C1C1=C(Cc2ccccc2)C(=O)O[C@H]1C. The summed E-state index contributed by atoms with van der Waals surface area (Å²) in [7, 11) is 0. The van der Waals surface area contributed by atoms with Crippen molar-refractivity contribution < 1.29 is 19.1 Å². The normalized spacial score (nSPS) is 21.9. The highest BCUT2D eigenvalue weighted by atomic mass is 16.6. The monoisotopic (exact) mass is 374 g/mol. The van der Waals surface area contributed by atoms with Crippen molar-refractivity contribution in [3.63, 3.8) is 0 Å². The van der Waals surface area contributed by atoms with Crippen molar-refractivity contribution in [1.82, 2.24) is 0 Å². The second kappa shape index (κ2) is 7.47. The summed E-state index contributed by atoms with van der Waals surface area (Å²) in [6, 6.07) is 19.6. The van der Waals surface area contributed by atoms with Gasteiger partial charge in [0.15, 0.2) is 0 Å². The third-order valence-electron chi connectivity index (χ3n) is 5.26. The lowest BCUT2D eigenvalue weighted by Gasteiger charge is -2.15. The van der Waals surface area contributed by atoms with Crippen molar-refractivity contribution in [2.45, 2.75) is 38.9 Å². The lowest BCUT2D eigenvalue weighted by molar-refractivity contribution is -0.140. The number of ether oxygens (including phenoxy) is 2. The van der Waals surface area contributed by atoms with Crippen LogP contribution in [0.3, 0.4) is 0 Å². The van der Waals surface area contributed by atoms with Crippen molar-refractivity contribution in [2.24, 2.45) is 0 Å². The van der Waals surface area contributed by atoms with Crippen LogP contribution >= 0.6 is 0 Å². The van der Waals surface area contributed by atoms with Gasteiger partial charge < -0.3 is 9.47 Å². The first-order chi connectivity index (χ1) is 13.5. The molecule has 0 fully saturated rings. The van der Waals surface area contributed by atoms with Crippen LogP contribution in [0, 0.1) is 0 Å². The van der Waals surface area contributed by atoms with Gasteiger partial charge in [-0.2, -0.15) is 0 Å². The molecule has 2 atom stereocenters. The summed E-state index contributed by atoms with van der Waals surface area (Å²) in [4.78, 5) is 25.2. The van der Waals surface area contributed by atoms with E-state index in [1.807, 2.05) is 74.5 Å². The van der Waals surface area contributed by atoms with Crippen LogP contribution in [-0.4, -0.2) is 24.1 Å². The van der Waals surface area contributed by atoms with Crippen LogP contribution in [0.25, 0.3) is 0 Å². The third kappa shape index (κ3) is 3.38. The van der Waals surface area contributed by atoms with E-state index in [-0.39, 0.29) is 11.9 Å². The Kier molecular flexibility index (Phi) is 4.86. The molecule has 2 aliphatic rings. The van der Waals surface area contributed by atoms with Crippen molar-refractivity contribution in [1.29, 1.82) is 0 Å². The number of hydrogen-bond donors (Lipinski definition) is 0. The van der Waals surface area contributed by atoms with Gasteiger partial charge in [0.25, 0.3) is 0 Å². The molecule has 2 aromatic rings. The summed E-state index contributed by atoms with van der Waals surface area (Å²) in [6.45, 7) is 3.71. The fourth-order valence-electron chi connectivity index (χ4n) is 3.99. The molecule has 0 saturated heterocycles. The number of cyclic esters (lactones) is 2. The molecule has 0 aromatic heterocycles. The number of esters is 2. The molecule has 0 amide bonds. The molecule has 2 aliphatic heterocycles. The molecule has 2 aromatic carbocycles. The molecule has 4 heteroatoms. The number of hydrogen-bond acceptors (Lipinski definition) is 4. The summed E-state index contributed by atoms with van der Waals surface area (Å²) >= 11 is 0. The molecule has 28 heavy (non-hydrogen) atoms. The van der Waals surface area contributed by atoms with E-state index in [4.69, 9.17) is 9.47 Å². The average molecular weight is 374 g/mol. The number of carbonyl (C=O) groups excluding carboxylic acids is 2. The van der Waals surface area contributed by atoms with Gasteiger partial charge in [0.05, 0.1) is 0 Å². The lowest BCUT2D eigenvalue weighted by Crippen LogP contribution is -2.14. The van der Waals surface area contributed by atoms with Gasteiger partial charge >= 0.3 is 11.9 Å². The molecule has 0 spiro atoms. The van der Waals surface area contributed by atoms with Gasteiger partial charge in [-0.3, -0.25) is 0 Å². The zero-order valence-corrected chi connectivity index (χ0v) is 16.0. The van der Waals surface area contributed by atoms with E-state index in [2.05, 4.69) is 0 Å². The standard InChI is InChI=1S/C24H22O4/c1-15-21(19(23(25)27-15)13-17-9-5-3-6-10-17)22-16(2)28-24(26)20(22)14-18-11-7-4-8-12-18/h3-12,15-16H,13-14H2,1-2H3/t15-,16-/m0/s1. The second-order valence-electron chi connectivity index (χ2n) is 7.20. The Balaban J connectivity index is 1.81. The molecular weight excluding hydrogens is 352 g/mol. The Morgan fingerprint density at radius 2 is 1.00 bits per heavy atom. The smallest absolute Gasteiger partial charge is 0.335 e. The van der Waals surface area contributed by atoms with Crippen LogP contribution in [0.4, 0.5) is 0 Å². The van der Waals surface area contributed by atoms with Gasteiger partial charge in [-0.25, -0.2) is 9.59 Å². The largest absolute Gasteiger partial charge is 0.454 e. The van der Waals surface area contributed by atoms with Crippen molar-refractivity contribution in [2.75, 3.05) is 0 Å². The summed E-state index contributed by atoms with van der Waals surface area (Å²) in [5.74, 6) is -0.631.